The van der Waals surface area contributed by atoms with Gasteiger partial charge >= 0.3 is 0 Å². The van der Waals surface area contributed by atoms with Gasteiger partial charge in [-0.05, 0) is 31.0 Å². The van der Waals surface area contributed by atoms with Crippen LogP contribution >= 0.6 is 11.3 Å². The zero-order chi connectivity index (χ0) is 19.2. The molecule has 0 unspecified atom stereocenters. The third-order valence-electron chi connectivity index (χ3n) is 5.12. The quantitative estimate of drug-likeness (QED) is 0.827. The van der Waals surface area contributed by atoms with E-state index in [0.717, 1.165) is 22.4 Å². The Bertz CT molecular complexity index is 973. The summed E-state index contributed by atoms with van der Waals surface area (Å²) < 4.78 is 39.2. The Labute approximate surface area is 162 Å². The molecule has 0 radical (unpaired) electrons. The molecule has 1 amide bonds. The number of halogens is 1. The van der Waals surface area contributed by atoms with Gasteiger partial charge in [0.1, 0.15) is 5.82 Å². The molecular weight excluding hydrogens is 387 g/mol. The minimum Gasteiger partial charge on any atom is -0.341 e. The predicted molar refractivity (Wildman–Crippen MR) is 104 cm³/mol. The molecule has 27 heavy (non-hydrogen) atoms. The molecule has 0 bridgehead atoms. The standard InChI is InChI=1S/C19H21FN2O3S2/c1-27(24,25)21-12-8-9-22(11-12)19(23)15-10-14(15)18-7-6-17(26-18)13-4-2-3-5-16(13)20/h2-7,12,14-15,21H,8-11H2,1H3/t12-,14+,15+/m0/s1. The summed E-state index contributed by atoms with van der Waals surface area (Å²) in [5, 5.41) is 0. The molecule has 5 nitrogen and oxygen atoms in total. The smallest absolute Gasteiger partial charge is 0.226 e. The second-order valence-corrected chi connectivity index (χ2v) is 10.2. The Balaban J connectivity index is 1.39. The molecule has 1 saturated carbocycles. The Morgan fingerprint density at radius 2 is 2.04 bits per heavy atom. The van der Waals surface area contributed by atoms with E-state index in [1.54, 1.807) is 28.4 Å². The summed E-state index contributed by atoms with van der Waals surface area (Å²) in [7, 11) is -3.26. The average Bonchev–Trinajstić information content (AvgIpc) is 3.01. The zero-order valence-corrected chi connectivity index (χ0v) is 16.5. The molecule has 2 heterocycles. The number of rotatable bonds is 5. The summed E-state index contributed by atoms with van der Waals surface area (Å²) in [6, 6.07) is 10.4. The van der Waals surface area contributed by atoms with E-state index in [4.69, 9.17) is 0 Å². The van der Waals surface area contributed by atoms with Crippen LogP contribution in [0.15, 0.2) is 36.4 Å². The van der Waals surface area contributed by atoms with E-state index in [-0.39, 0.29) is 29.6 Å². The van der Waals surface area contributed by atoms with Crippen molar-refractivity contribution in [2.75, 3.05) is 19.3 Å². The van der Waals surface area contributed by atoms with Crippen LogP contribution in [0.5, 0.6) is 0 Å². The van der Waals surface area contributed by atoms with Gasteiger partial charge in [-0.25, -0.2) is 17.5 Å². The normalized spacial score (nSPS) is 25.0. The summed E-state index contributed by atoms with van der Waals surface area (Å²) in [6.07, 6.45) is 2.59. The van der Waals surface area contributed by atoms with Gasteiger partial charge in [0.25, 0.3) is 0 Å². The van der Waals surface area contributed by atoms with E-state index in [0.29, 0.717) is 25.1 Å². The maximum atomic E-state index is 14.0. The summed E-state index contributed by atoms with van der Waals surface area (Å²) in [5.41, 5.74) is 0.589. The SMILES string of the molecule is CS(=O)(=O)N[C@H]1CCN(C(=O)[C@@H]2C[C@H]2c2ccc(-c3ccccc3F)s2)C1. The van der Waals surface area contributed by atoms with Crippen molar-refractivity contribution in [2.24, 2.45) is 5.92 Å². The van der Waals surface area contributed by atoms with E-state index in [9.17, 15) is 17.6 Å². The number of carbonyl (C=O) groups excluding carboxylic acids is 1. The highest BCUT2D eigenvalue weighted by Gasteiger charge is 2.47. The lowest BCUT2D eigenvalue weighted by Crippen LogP contribution is -2.38. The first-order chi connectivity index (χ1) is 12.8. The van der Waals surface area contributed by atoms with Gasteiger partial charge in [0.2, 0.25) is 15.9 Å². The minimum atomic E-state index is -3.26. The number of amides is 1. The van der Waals surface area contributed by atoms with Gasteiger partial charge in [0, 0.05) is 46.3 Å². The van der Waals surface area contributed by atoms with Crippen LogP contribution in [0.3, 0.4) is 0 Å². The van der Waals surface area contributed by atoms with Gasteiger partial charge < -0.3 is 4.90 Å². The van der Waals surface area contributed by atoms with Crippen LogP contribution in [-0.2, 0) is 14.8 Å². The maximum absolute atomic E-state index is 14.0. The third kappa shape index (κ3) is 4.07. The summed E-state index contributed by atoms with van der Waals surface area (Å²) >= 11 is 1.54. The third-order valence-corrected chi connectivity index (χ3v) is 7.13. The molecule has 3 atom stereocenters. The molecule has 1 aromatic heterocycles. The van der Waals surface area contributed by atoms with Gasteiger partial charge in [0.05, 0.1) is 6.26 Å². The highest BCUT2D eigenvalue weighted by atomic mass is 32.2. The Hall–Kier alpha value is -1.77. The van der Waals surface area contributed by atoms with E-state index in [2.05, 4.69) is 4.72 Å². The fourth-order valence-corrected chi connectivity index (χ4v) is 5.75. The van der Waals surface area contributed by atoms with Crippen LogP contribution in [-0.4, -0.2) is 44.6 Å². The summed E-state index contributed by atoms with van der Waals surface area (Å²) in [5.74, 6) is -0.00602. The van der Waals surface area contributed by atoms with Crippen molar-refractivity contribution in [1.29, 1.82) is 0 Å². The number of carbonyl (C=O) groups is 1. The van der Waals surface area contributed by atoms with E-state index < -0.39 is 10.0 Å². The molecule has 2 fully saturated rings. The first kappa shape index (κ1) is 18.6. The second-order valence-electron chi connectivity index (χ2n) is 7.29. The molecule has 1 aromatic carbocycles. The maximum Gasteiger partial charge on any atom is 0.226 e. The number of thiophene rings is 1. The van der Waals surface area contributed by atoms with Crippen LogP contribution in [0.4, 0.5) is 4.39 Å². The van der Waals surface area contributed by atoms with Gasteiger partial charge in [-0.3, -0.25) is 4.79 Å². The number of hydrogen-bond acceptors (Lipinski definition) is 4. The van der Waals surface area contributed by atoms with Crippen molar-refractivity contribution < 1.29 is 17.6 Å². The molecular formula is C19H21FN2O3S2. The number of benzene rings is 1. The molecule has 0 spiro atoms. The fraction of sp³-hybridized carbons (Fsp3) is 0.421. The van der Waals surface area contributed by atoms with E-state index >= 15 is 0 Å². The molecule has 1 saturated heterocycles. The van der Waals surface area contributed by atoms with Gasteiger partial charge in [-0.15, -0.1) is 11.3 Å². The Morgan fingerprint density at radius 1 is 1.26 bits per heavy atom. The predicted octanol–water partition coefficient (Wildman–Crippen LogP) is 2.81. The van der Waals surface area contributed by atoms with E-state index in [1.165, 1.54) is 6.07 Å². The molecule has 4 rings (SSSR count). The number of sulfonamides is 1. The summed E-state index contributed by atoms with van der Waals surface area (Å²) in [4.78, 5) is 16.5. The lowest BCUT2D eigenvalue weighted by Gasteiger charge is -2.16. The van der Waals surface area contributed by atoms with Crippen molar-refractivity contribution in [2.45, 2.75) is 24.8 Å². The van der Waals surface area contributed by atoms with Gasteiger partial charge in [-0.2, -0.15) is 0 Å². The van der Waals surface area contributed by atoms with Crippen molar-refractivity contribution in [1.82, 2.24) is 9.62 Å². The number of likely N-dealkylation sites (tertiary alicyclic amines) is 1. The largest absolute Gasteiger partial charge is 0.341 e. The minimum absolute atomic E-state index is 0.0471. The molecule has 8 heteroatoms. The van der Waals surface area contributed by atoms with Crippen LogP contribution in [0.25, 0.3) is 10.4 Å². The average molecular weight is 409 g/mol. The Kier molecular flexibility index (Phi) is 4.82. The van der Waals surface area contributed by atoms with Crippen molar-refractivity contribution in [3.05, 3.63) is 47.1 Å². The molecule has 1 N–H and O–H groups in total. The number of hydrogen-bond donors (Lipinski definition) is 1. The summed E-state index contributed by atoms with van der Waals surface area (Å²) in [6.45, 7) is 1.01. The lowest BCUT2D eigenvalue weighted by atomic mass is 10.2. The fourth-order valence-electron chi connectivity index (χ4n) is 3.73. The Morgan fingerprint density at radius 3 is 2.78 bits per heavy atom. The number of nitrogens with zero attached hydrogens (tertiary/aromatic N) is 1. The molecule has 1 aliphatic carbocycles. The van der Waals surface area contributed by atoms with Crippen LogP contribution < -0.4 is 4.72 Å². The van der Waals surface area contributed by atoms with Gasteiger partial charge in [-0.1, -0.05) is 18.2 Å². The lowest BCUT2D eigenvalue weighted by molar-refractivity contribution is -0.131. The monoisotopic (exact) mass is 408 g/mol. The molecule has 1 aliphatic heterocycles. The van der Waals surface area contributed by atoms with Crippen molar-refractivity contribution in [3.8, 4) is 10.4 Å². The van der Waals surface area contributed by atoms with Crippen LogP contribution in [0.2, 0.25) is 0 Å². The first-order valence-corrected chi connectivity index (χ1v) is 11.6. The van der Waals surface area contributed by atoms with Crippen molar-refractivity contribution in [3.63, 3.8) is 0 Å². The molecule has 2 aromatic rings. The zero-order valence-electron chi connectivity index (χ0n) is 14.9. The topological polar surface area (TPSA) is 66.5 Å². The second kappa shape index (κ2) is 7.00. The highest BCUT2D eigenvalue weighted by molar-refractivity contribution is 7.88. The first-order valence-electron chi connectivity index (χ1n) is 8.92. The molecule has 2 aliphatic rings. The number of nitrogens with one attached hydrogen (secondary N) is 1. The molecule has 144 valence electrons. The van der Waals surface area contributed by atoms with Crippen LogP contribution in [0, 0.1) is 11.7 Å². The van der Waals surface area contributed by atoms with Crippen LogP contribution in [0.1, 0.15) is 23.6 Å². The van der Waals surface area contributed by atoms with Crippen molar-refractivity contribution >= 4 is 27.3 Å². The van der Waals surface area contributed by atoms with E-state index in [1.807, 2.05) is 18.2 Å². The highest BCUT2D eigenvalue weighted by Crippen LogP contribution is 2.51. The van der Waals surface area contributed by atoms with Gasteiger partial charge in [0.15, 0.2) is 0 Å².